The van der Waals surface area contributed by atoms with Gasteiger partial charge >= 0.3 is 0 Å². The van der Waals surface area contributed by atoms with E-state index in [9.17, 15) is 0 Å². The zero-order valence-corrected chi connectivity index (χ0v) is 13.2. The van der Waals surface area contributed by atoms with Gasteiger partial charge in [-0.25, -0.2) is 0 Å². The van der Waals surface area contributed by atoms with E-state index in [1.165, 1.54) is 43.9 Å². The third-order valence-corrected chi connectivity index (χ3v) is 4.06. The second-order valence-corrected chi connectivity index (χ2v) is 6.06. The van der Waals surface area contributed by atoms with Gasteiger partial charge in [-0.05, 0) is 17.7 Å². The largest absolute Gasteiger partial charge is 0.310 e. The van der Waals surface area contributed by atoms with E-state index in [4.69, 9.17) is 0 Å². The highest BCUT2D eigenvalue weighted by Gasteiger charge is 2.15. The van der Waals surface area contributed by atoms with Crippen LogP contribution in [0.2, 0.25) is 0 Å². The first-order valence-electron chi connectivity index (χ1n) is 7.93. The van der Waals surface area contributed by atoms with Gasteiger partial charge in [-0.3, -0.25) is 4.90 Å². The Morgan fingerprint density at radius 2 is 1.50 bits per heavy atom. The summed E-state index contributed by atoms with van der Waals surface area (Å²) in [6, 6.07) is 9.62. The first kappa shape index (κ1) is 15.5. The fraction of sp³-hybridized carbons (Fsp3) is 0.647. The van der Waals surface area contributed by atoms with Crippen LogP contribution in [0.4, 0.5) is 0 Å². The van der Waals surface area contributed by atoms with E-state index >= 15 is 0 Å². The van der Waals surface area contributed by atoms with Gasteiger partial charge < -0.3 is 10.2 Å². The molecule has 0 amide bonds. The summed E-state index contributed by atoms with van der Waals surface area (Å²) in [4.78, 5) is 5.09. The summed E-state index contributed by atoms with van der Waals surface area (Å²) in [5.41, 5.74) is 2.81. The summed E-state index contributed by atoms with van der Waals surface area (Å²) in [5, 5.41) is 3.46. The molecular formula is C17H29N3. The molecule has 112 valence electrons. The molecule has 0 saturated carbocycles. The molecule has 20 heavy (non-hydrogen) atoms. The van der Waals surface area contributed by atoms with Crippen molar-refractivity contribution in [3.63, 3.8) is 0 Å². The molecule has 3 heteroatoms. The average Bonchev–Trinajstić information content (AvgIpc) is 2.47. The highest BCUT2D eigenvalue weighted by atomic mass is 15.3. The molecule has 0 unspecified atom stereocenters. The monoisotopic (exact) mass is 275 g/mol. The van der Waals surface area contributed by atoms with Gasteiger partial charge in [-0.2, -0.15) is 0 Å². The number of nitrogens with zero attached hydrogens (tertiary/aromatic N) is 2. The third-order valence-electron chi connectivity index (χ3n) is 4.06. The van der Waals surface area contributed by atoms with Crippen LogP contribution in [0, 0.1) is 0 Å². The average molecular weight is 275 g/mol. The summed E-state index contributed by atoms with van der Waals surface area (Å²) in [7, 11) is 0. The van der Waals surface area contributed by atoms with Crippen molar-refractivity contribution in [2.45, 2.75) is 39.9 Å². The number of nitrogens with one attached hydrogen (secondary N) is 1. The second-order valence-electron chi connectivity index (χ2n) is 6.06. The van der Waals surface area contributed by atoms with Crippen LogP contribution >= 0.6 is 0 Å². The molecule has 1 N–H and O–H groups in total. The van der Waals surface area contributed by atoms with E-state index in [1.807, 2.05) is 0 Å². The van der Waals surface area contributed by atoms with Crippen LogP contribution in [0.3, 0.4) is 0 Å². The number of hydrogen-bond acceptors (Lipinski definition) is 3. The van der Waals surface area contributed by atoms with Gasteiger partial charge in [0.1, 0.15) is 0 Å². The summed E-state index contributed by atoms with van der Waals surface area (Å²) < 4.78 is 0. The van der Waals surface area contributed by atoms with Crippen LogP contribution in [0.5, 0.6) is 0 Å². The van der Waals surface area contributed by atoms with Crippen molar-refractivity contribution in [2.75, 3.05) is 32.7 Å². The van der Waals surface area contributed by atoms with E-state index in [0.29, 0.717) is 6.04 Å². The summed E-state index contributed by atoms with van der Waals surface area (Å²) in [6.45, 7) is 14.7. The van der Waals surface area contributed by atoms with Crippen molar-refractivity contribution >= 4 is 0 Å². The molecule has 1 aromatic rings. The number of piperazine rings is 1. The molecule has 0 bridgehead atoms. The van der Waals surface area contributed by atoms with Crippen molar-refractivity contribution in [3.8, 4) is 0 Å². The third kappa shape index (κ3) is 4.89. The Labute approximate surface area is 124 Å². The molecule has 1 aliphatic heterocycles. The van der Waals surface area contributed by atoms with Crippen LogP contribution in [0.25, 0.3) is 0 Å². The van der Waals surface area contributed by atoms with Crippen molar-refractivity contribution in [2.24, 2.45) is 0 Å². The van der Waals surface area contributed by atoms with Crippen LogP contribution in [0.1, 0.15) is 31.9 Å². The Hall–Kier alpha value is -0.900. The van der Waals surface area contributed by atoms with Gasteiger partial charge in [0, 0.05) is 45.3 Å². The summed E-state index contributed by atoms with van der Waals surface area (Å²) in [5.74, 6) is 0. The Kier molecular flexibility index (Phi) is 6.02. The van der Waals surface area contributed by atoms with E-state index in [2.05, 4.69) is 60.2 Å². The van der Waals surface area contributed by atoms with Gasteiger partial charge in [-0.1, -0.05) is 45.0 Å². The summed E-state index contributed by atoms with van der Waals surface area (Å²) >= 11 is 0. The zero-order valence-electron chi connectivity index (χ0n) is 13.2. The van der Waals surface area contributed by atoms with Crippen LogP contribution < -0.4 is 5.32 Å². The maximum atomic E-state index is 3.46. The first-order chi connectivity index (χ1) is 9.67. The van der Waals surface area contributed by atoms with Crippen molar-refractivity contribution < 1.29 is 0 Å². The number of likely N-dealkylation sites (N-methyl/N-ethyl adjacent to an activating group) is 1. The molecule has 0 aliphatic carbocycles. The van der Waals surface area contributed by atoms with E-state index in [1.54, 1.807) is 0 Å². The van der Waals surface area contributed by atoms with Gasteiger partial charge in [0.2, 0.25) is 0 Å². The fourth-order valence-corrected chi connectivity index (χ4v) is 2.61. The van der Waals surface area contributed by atoms with Gasteiger partial charge in [0.25, 0.3) is 0 Å². The molecule has 0 spiro atoms. The van der Waals surface area contributed by atoms with E-state index in [0.717, 1.165) is 13.1 Å². The topological polar surface area (TPSA) is 18.5 Å². The predicted molar refractivity (Wildman–Crippen MR) is 85.8 cm³/mol. The smallest absolute Gasteiger partial charge is 0.0234 e. The number of benzene rings is 1. The first-order valence-corrected chi connectivity index (χ1v) is 7.93. The standard InChI is InChI=1S/C17H29N3/c1-4-19-9-11-20(12-10-19)14-17-7-5-16(6-8-17)13-18-15(2)3/h5-8,15,18H,4,9-14H2,1-3H3. The fourth-order valence-electron chi connectivity index (χ4n) is 2.61. The minimum Gasteiger partial charge on any atom is -0.310 e. The number of rotatable bonds is 6. The molecule has 2 rings (SSSR count). The predicted octanol–water partition coefficient (Wildman–Crippen LogP) is 2.32. The number of hydrogen-bond donors (Lipinski definition) is 1. The Balaban J connectivity index is 1.79. The zero-order chi connectivity index (χ0) is 14.4. The lowest BCUT2D eigenvalue weighted by Gasteiger charge is -2.34. The molecule has 3 nitrogen and oxygen atoms in total. The highest BCUT2D eigenvalue weighted by Crippen LogP contribution is 2.10. The van der Waals surface area contributed by atoms with Crippen LogP contribution in [-0.4, -0.2) is 48.6 Å². The van der Waals surface area contributed by atoms with Crippen molar-refractivity contribution in [3.05, 3.63) is 35.4 Å². The van der Waals surface area contributed by atoms with E-state index in [-0.39, 0.29) is 0 Å². The van der Waals surface area contributed by atoms with Gasteiger partial charge in [-0.15, -0.1) is 0 Å². The molecule has 1 fully saturated rings. The minimum atomic E-state index is 0.546. The highest BCUT2D eigenvalue weighted by molar-refractivity contribution is 5.22. The molecular weight excluding hydrogens is 246 g/mol. The summed E-state index contributed by atoms with van der Waals surface area (Å²) in [6.07, 6.45) is 0. The van der Waals surface area contributed by atoms with Crippen molar-refractivity contribution in [1.29, 1.82) is 0 Å². The molecule has 0 aromatic heterocycles. The van der Waals surface area contributed by atoms with Gasteiger partial charge in [0.05, 0.1) is 0 Å². The lowest BCUT2D eigenvalue weighted by atomic mass is 10.1. The lowest BCUT2D eigenvalue weighted by Crippen LogP contribution is -2.45. The van der Waals surface area contributed by atoms with E-state index < -0.39 is 0 Å². The minimum absolute atomic E-state index is 0.546. The Bertz CT molecular complexity index is 378. The van der Waals surface area contributed by atoms with Crippen LogP contribution in [-0.2, 0) is 13.1 Å². The molecule has 0 atom stereocenters. The molecule has 1 aromatic carbocycles. The van der Waals surface area contributed by atoms with Crippen LogP contribution in [0.15, 0.2) is 24.3 Å². The maximum absolute atomic E-state index is 3.46. The molecule has 1 saturated heterocycles. The normalized spacial score (nSPS) is 17.8. The quantitative estimate of drug-likeness (QED) is 0.859. The van der Waals surface area contributed by atoms with Crippen molar-refractivity contribution in [1.82, 2.24) is 15.1 Å². The molecule has 0 radical (unpaired) electrons. The molecule has 1 aliphatic rings. The van der Waals surface area contributed by atoms with Gasteiger partial charge in [0.15, 0.2) is 0 Å². The lowest BCUT2D eigenvalue weighted by molar-refractivity contribution is 0.132. The SMILES string of the molecule is CCN1CCN(Cc2ccc(CNC(C)C)cc2)CC1. The Morgan fingerprint density at radius 3 is 2.05 bits per heavy atom. The molecule has 1 heterocycles. The maximum Gasteiger partial charge on any atom is 0.0234 e. The Morgan fingerprint density at radius 1 is 0.950 bits per heavy atom. The second kappa shape index (κ2) is 7.77.